The Morgan fingerprint density at radius 2 is 2.00 bits per heavy atom. The van der Waals surface area contributed by atoms with Gasteiger partial charge in [-0.1, -0.05) is 12.1 Å². The molecule has 2 unspecified atom stereocenters. The van der Waals surface area contributed by atoms with Crippen molar-refractivity contribution in [2.24, 2.45) is 5.92 Å². The molecular formula is C19H25N3O3. The number of hydrogen-bond donors (Lipinski definition) is 3. The van der Waals surface area contributed by atoms with E-state index in [4.69, 9.17) is 5.73 Å². The van der Waals surface area contributed by atoms with Crippen LogP contribution in [0.2, 0.25) is 0 Å². The molecule has 6 heteroatoms. The van der Waals surface area contributed by atoms with Crippen molar-refractivity contribution in [3.63, 3.8) is 0 Å². The average molecular weight is 343 g/mol. The van der Waals surface area contributed by atoms with Crippen molar-refractivity contribution >= 4 is 23.2 Å². The Morgan fingerprint density at radius 3 is 2.60 bits per heavy atom. The van der Waals surface area contributed by atoms with E-state index in [9.17, 15) is 14.4 Å². The van der Waals surface area contributed by atoms with Gasteiger partial charge in [-0.3, -0.25) is 14.4 Å². The molecule has 1 aliphatic rings. The summed E-state index contributed by atoms with van der Waals surface area (Å²) < 4.78 is 0. The Morgan fingerprint density at radius 1 is 1.28 bits per heavy atom. The Kier molecular flexibility index (Phi) is 5.96. The van der Waals surface area contributed by atoms with Gasteiger partial charge in [-0.25, -0.2) is 0 Å². The normalized spacial score (nSPS) is 20.4. The van der Waals surface area contributed by atoms with Crippen LogP contribution in [0.5, 0.6) is 0 Å². The number of carbonyl (C=O) groups is 3. The number of benzene rings is 1. The summed E-state index contributed by atoms with van der Waals surface area (Å²) in [4.78, 5) is 37.8. The zero-order valence-corrected chi connectivity index (χ0v) is 14.8. The van der Waals surface area contributed by atoms with E-state index in [0.717, 1.165) is 0 Å². The molecule has 2 rings (SSSR count). The number of anilines is 1. The van der Waals surface area contributed by atoms with Crippen LogP contribution in [-0.4, -0.2) is 30.1 Å². The highest BCUT2D eigenvalue weighted by molar-refractivity contribution is 6.13. The van der Waals surface area contributed by atoms with Crippen molar-refractivity contribution < 1.29 is 14.4 Å². The lowest BCUT2D eigenvalue weighted by Crippen LogP contribution is -2.41. The van der Waals surface area contributed by atoms with E-state index in [1.54, 1.807) is 24.3 Å². The maximum atomic E-state index is 12.9. The van der Waals surface area contributed by atoms with Crippen LogP contribution < -0.4 is 16.4 Å². The van der Waals surface area contributed by atoms with Gasteiger partial charge in [0.2, 0.25) is 5.91 Å². The first-order valence-corrected chi connectivity index (χ1v) is 8.51. The molecule has 0 spiro atoms. The van der Waals surface area contributed by atoms with E-state index in [1.165, 1.54) is 6.08 Å². The number of Topliss-reactive ketones (excluding diaryl/α,β-unsaturated/α-hetero) is 1. The number of amides is 1. The molecule has 1 aromatic carbocycles. The number of nitrogens with two attached hydrogens (primary N) is 1. The molecule has 6 nitrogen and oxygen atoms in total. The Bertz CT molecular complexity index is 710. The summed E-state index contributed by atoms with van der Waals surface area (Å²) in [5, 5.41) is 5.72. The molecule has 0 heterocycles. The van der Waals surface area contributed by atoms with Crippen molar-refractivity contribution in [3.8, 4) is 0 Å². The van der Waals surface area contributed by atoms with Crippen molar-refractivity contribution in [1.29, 1.82) is 0 Å². The summed E-state index contributed by atoms with van der Waals surface area (Å²) in [6.07, 6.45) is 1.32. The fraction of sp³-hybridized carbons (Fsp3) is 0.421. The summed E-state index contributed by atoms with van der Waals surface area (Å²) in [7, 11) is 0. The molecule has 0 saturated heterocycles. The maximum absolute atomic E-state index is 12.9. The summed E-state index contributed by atoms with van der Waals surface area (Å²) in [6.45, 7) is 6.07. The number of rotatable bonds is 6. The third-order valence-corrected chi connectivity index (χ3v) is 4.09. The van der Waals surface area contributed by atoms with Gasteiger partial charge in [0.05, 0.1) is 11.6 Å². The van der Waals surface area contributed by atoms with Crippen molar-refractivity contribution in [1.82, 2.24) is 10.6 Å². The number of nitrogens with one attached hydrogen (secondary N) is 2. The first-order chi connectivity index (χ1) is 11.8. The van der Waals surface area contributed by atoms with Gasteiger partial charge in [-0.15, -0.1) is 0 Å². The molecule has 0 aliphatic heterocycles. The minimum atomic E-state index is -0.743. The van der Waals surface area contributed by atoms with E-state index < -0.39 is 11.8 Å². The Hall–Kier alpha value is -2.63. The highest BCUT2D eigenvalue weighted by atomic mass is 16.2. The summed E-state index contributed by atoms with van der Waals surface area (Å²) in [5.41, 5.74) is 7.28. The molecule has 0 fully saturated rings. The number of nitrogen functional groups attached to an aromatic ring is 1. The van der Waals surface area contributed by atoms with Crippen LogP contribution in [0, 0.1) is 5.92 Å². The van der Waals surface area contributed by atoms with Crippen LogP contribution in [0.1, 0.15) is 38.7 Å². The topological polar surface area (TPSA) is 101 Å². The molecule has 1 aliphatic carbocycles. The maximum Gasteiger partial charge on any atom is 0.220 e. The molecule has 1 aromatic rings. The molecular weight excluding hydrogens is 318 g/mol. The molecule has 1 amide bonds. The second-order valence-electron chi connectivity index (χ2n) is 6.54. The summed E-state index contributed by atoms with van der Waals surface area (Å²) >= 11 is 0. The molecule has 4 N–H and O–H groups in total. The third kappa shape index (κ3) is 4.47. The van der Waals surface area contributed by atoms with Crippen LogP contribution in [0.25, 0.3) is 0 Å². The molecule has 134 valence electrons. The number of ketones is 2. The SMILES string of the molecule is CCNC(=O)CC1C(=O)C(NC(C)C)=CC(=O)C1c1cccc(N)c1. The van der Waals surface area contributed by atoms with E-state index in [-0.39, 0.29) is 35.6 Å². The second kappa shape index (κ2) is 7.96. The first-order valence-electron chi connectivity index (χ1n) is 8.51. The Balaban J connectivity index is 2.42. The zero-order valence-electron chi connectivity index (χ0n) is 14.8. The van der Waals surface area contributed by atoms with E-state index in [1.807, 2.05) is 20.8 Å². The highest BCUT2D eigenvalue weighted by Gasteiger charge is 2.40. The quantitative estimate of drug-likeness (QED) is 0.680. The van der Waals surface area contributed by atoms with Gasteiger partial charge < -0.3 is 16.4 Å². The minimum absolute atomic E-state index is 0.0111. The molecule has 25 heavy (non-hydrogen) atoms. The predicted molar refractivity (Wildman–Crippen MR) is 96.8 cm³/mol. The lowest BCUT2D eigenvalue weighted by Gasteiger charge is -2.30. The average Bonchev–Trinajstić information content (AvgIpc) is 2.51. The Labute approximate surface area is 147 Å². The van der Waals surface area contributed by atoms with Crippen molar-refractivity contribution in [2.75, 3.05) is 12.3 Å². The van der Waals surface area contributed by atoms with Gasteiger partial charge in [-0.2, -0.15) is 0 Å². The van der Waals surface area contributed by atoms with Crippen LogP contribution >= 0.6 is 0 Å². The van der Waals surface area contributed by atoms with Gasteiger partial charge in [0.25, 0.3) is 0 Å². The highest BCUT2D eigenvalue weighted by Crippen LogP contribution is 2.35. The first kappa shape index (κ1) is 18.7. The van der Waals surface area contributed by atoms with Crippen LogP contribution in [-0.2, 0) is 14.4 Å². The van der Waals surface area contributed by atoms with Crippen LogP contribution in [0.4, 0.5) is 5.69 Å². The number of hydrogen-bond acceptors (Lipinski definition) is 5. The number of carbonyl (C=O) groups excluding carboxylic acids is 3. The lowest BCUT2D eigenvalue weighted by molar-refractivity contribution is -0.131. The molecule has 0 aromatic heterocycles. The number of allylic oxidation sites excluding steroid dienone is 2. The monoisotopic (exact) mass is 343 g/mol. The van der Waals surface area contributed by atoms with E-state index in [2.05, 4.69) is 10.6 Å². The zero-order chi connectivity index (χ0) is 18.6. The van der Waals surface area contributed by atoms with E-state index >= 15 is 0 Å². The predicted octanol–water partition coefficient (Wildman–Crippen LogP) is 1.53. The van der Waals surface area contributed by atoms with Crippen LogP contribution in [0.3, 0.4) is 0 Å². The van der Waals surface area contributed by atoms with E-state index in [0.29, 0.717) is 17.8 Å². The van der Waals surface area contributed by atoms with Crippen molar-refractivity contribution in [3.05, 3.63) is 41.6 Å². The van der Waals surface area contributed by atoms with Gasteiger partial charge in [-0.05, 0) is 38.5 Å². The van der Waals surface area contributed by atoms with Gasteiger partial charge in [0, 0.05) is 36.7 Å². The largest absolute Gasteiger partial charge is 0.399 e. The van der Waals surface area contributed by atoms with Gasteiger partial charge in [0.1, 0.15) is 0 Å². The lowest BCUT2D eigenvalue weighted by atomic mass is 9.74. The fourth-order valence-corrected chi connectivity index (χ4v) is 3.11. The van der Waals surface area contributed by atoms with Gasteiger partial charge in [0.15, 0.2) is 11.6 Å². The fourth-order valence-electron chi connectivity index (χ4n) is 3.11. The second-order valence-corrected chi connectivity index (χ2v) is 6.54. The molecule has 0 bridgehead atoms. The molecule has 0 saturated carbocycles. The molecule has 0 radical (unpaired) electrons. The summed E-state index contributed by atoms with van der Waals surface area (Å²) in [5.74, 6) is -2.09. The smallest absolute Gasteiger partial charge is 0.220 e. The van der Waals surface area contributed by atoms with Crippen molar-refractivity contribution in [2.45, 2.75) is 39.2 Å². The molecule has 2 atom stereocenters. The minimum Gasteiger partial charge on any atom is -0.399 e. The summed E-state index contributed by atoms with van der Waals surface area (Å²) in [6, 6.07) is 6.94. The van der Waals surface area contributed by atoms with Gasteiger partial charge >= 0.3 is 0 Å². The third-order valence-electron chi connectivity index (χ3n) is 4.09. The standard InChI is InChI=1S/C19H25N3O3/c1-4-21-17(24)9-14-18(12-6-5-7-13(20)8-12)16(23)10-15(19(14)25)22-11(2)3/h5-8,10-11,14,18,22H,4,9,20H2,1-3H3,(H,21,24). The van der Waals surface area contributed by atoms with Crippen LogP contribution in [0.15, 0.2) is 36.0 Å².